The van der Waals surface area contributed by atoms with Crippen molar-refractivity contribution in [2.24, 2.45) is 0 Å². The minimum absolute atomic E-state index is 0.0210. The molecule has 2 N–H and O–H groups in total. The third-order valence-electron chi connectivity index (χ3n) is 8.15. The van der Waals surface area contributed by atoms with Gasteiger partial charge in [0.05, 0.1) is 26.8 Å². The molecule has 1 aliphatic carbocycles. The number of phenols is 1. The number of carbonyl (C=O) groups is 2. The topological polar surface area (TPSA) is 128 Å². The first-order valence-corrected chi connectivity index (χ1v) is 14.9. The van der Waals surface area contributed by atoms with Gasteiger partial charge in [-0.3, -0.25) is 9.59 Å². The van der Waals surface area contributed by atoms with Crippen LogP contribution >= 0.6 is 0 Å². The summed E-state index contributed by atoms with van der Waals surface area (Å²) in [5.74, 6) is 0.711. The van der Waals surface area contributed by atoms with E-state index in [1.54, 1.807) is 35.9 Å². The Labute approximate surface area is 256 Å². The first-order valence-electron chi connectivity index (χ1n) is 14.9. The van der Waals surface area contributed by atoms with E-state index >= 15 is 0 Å². The fraction of sp³-hybridized carbons (Fsp3) is 0.394. The summed E-state index contributed by atoms with van der Waals surface area (Å²) in [5.41, 5.74) is 2.76. The molecule has 1 saturated carbocycles. The molecule has 232 valence electrons. The Kier molecular flexibility index (Phi) is 9.83. The van der Waals surface area contributed by atoms with E-state index in [0.717, 1.165) is 37.7 Å². The number of amides is 2. The largest absolute Gasteiger partial charge is 0.504 e. The fourth-order valence-electron chi connectivity index (χ4n) is 5.81. The zero-order valence-corrected chi connectivity index (χ0v) is 25.4. The Morgan fingerprint density at radius 2 is 1.68 bits per heavy atom. The molecule has 2 amide bonds. The molecule has 0 bridgehead atoms. The normalized spacial score (nSPS) is 14.2. The Balaban J connectivity index is 1.52. The molecule has 11 heteroatoms. The molecular weight excluding hydrogens is 562 g/mol. The van der Waals surface area contributed by atoms with E-state index in [1.807, 2.05) is 42.5 Å². The van der Waals surface area contributed by atoms with Crippen LogP contribution in [0.1, 0.15) is 49.3 Å². The number of hydrogen-bond donors (Lipinski definition) is 2. The molecule has 1 aliphatic rings. The van der Waals surface area contributed by atoms with Gasteiger partial charge < -0.3 is 29.5 Å². The van der Waals surface area contributed by atoms with Gasteiger partial charge in [0.2, 0.25) is 11.8 Å². The summed E-state index contributed by atoms with van der Waals surface area (Å²) < 4.78 is 17.7. The number of nitrogens with one attached hydrogen (secondary N) is 1. The minimum Gasteiger partial charge on any atom is -0.504 e. The van der Waals surface area contributed by atoms with Crippen molar-refractivity contribution in [1.29, 1.82) is 0 Å². The number of methoxy groups -OCH3 is 3. The highest BCUT2D eigenvalue weighted by atomic mass is 16.5. The summed E-state index contributed by atoms with van der Waals surface area (Å²) in [6.07, 6.45) is 5.43. The number of aromatic nitrogens is 3. The van der Waals surface area contributed by atoms with Crippen LogP contribution in [-0.4, -0.2) is 70.7 Å². The number of carbonyl (C=O) groups excluding carboxylic acids is 2. The van der Waals surface area contributed by atoms with Gasteiger partial charge in [0.1, 0.15) is 18.1 Å². The van der Waals surface area contributed by atoms with Crippen LogP contribution in [-0.2, 0) is 22.6 Å². The van der Waals surface area contributed by atoms with Gasteiger partial charge in [-0.25, -0.2) is 4.68 Å². The molecule has 1 atom stereocenters. The third-order valence-corrected chi connectivity index (χ3v) is 8.15. The van der Waals surface area contributed by atoms with E-state index < -0.39 is 6.04 Å². The number of rotatable bonds is 12. The summed E-state index contributed by atoms with van der Waals surface area (Å²) in [5, 5.41) is 22.3. The molecule has 0 saturated heterocycles. The van der Waals surface area contributed by atoms with E-state index in [4.69, 9.17) is 14.2 Å². The average molecular weight is 602 g/mol. The van der Waals surface area contributed by atoms with Crippen LogP contribution in [0.4, 0.5) is 0 Å². The van der Waals surface area contributed by atoms with Crippen LogP contribution < -0.4 is 19.5 Å². The Morgan fingerprint density at radius 3 is 2.41 bits per heavy atom. The van der Waals surface area contributed by atoms with Gasteiger partial charge in [-0.1, -0.05) is 48.7 Å². The van der Waals surface area contributed by atoms with Crippen LogP contribution in [0.2, 0.25) is 0 Å². The number of fused-ring (bicyclic) bond motifs is 1. The van der Waals surface area contributed by atoms with Crippen molar-refractivity contribution in [1.82, 2.24) is 25.2 Å². The molecule has 3 aromatic carbocycles. The van der Waals surface area contributed by atoms with E-state index in [1.165, 1.54) is 13.2 Å². The third kappa shape index (κ3) is 6.88. The number of benzene rings is 3. The second kappa shape index (κ2) is 14.1. The molecule has 0 unspecified atom stereocenters. The highest BCUT2D eigenvalue weighted by Crippen LogP contribution is 2.33. The Morgan fingerprint density at radius 1 is 0.955 bits per heavy atom. The van der Waals surface area contributed by atoms with E-state index in [9.17, 15) is 14.7 Å². The van der Waals surface area contributed by atoms with Gasteiger partial charge >= 0.3 is 0 Å². The first-order chi connectivity index (χ1) is 21.4. The zero-order chi connectivity index (χ0) is 31.1. The molecule has 11 nitrogen and oxygen atoms in total. The number of ether oxygens (including phenoxy) is 3. The predicted octanol–water partition coefficient (Wildman–Crippen LogP) is 4.42. The molecule has 1 aromatic heterocycles. The first kappa shape index (κ1) is 30.7. The van der Waals surface area contributed by atoms with E-state index in [-0.39, 0.29) is 42.4 Å². The Bertz CT molecular complexity index is 1600. The predicted molar refractivity (Wildman–Crippen MR) is 165 cm³/mol. The lowest BCUT2D eigenvalue weighted by Crippen LogP contribution is -2.48. The summed E-state index contributed by atoms with van der Waals surface area (Å²) in [7, 11) is 4.61. The molecule has 4 aromatic rings. The average Bonchev–Trinajstić information content (AvgIpc) is 3.45. The van der Waals surface area contributed by atoms with Crippen molar-refractivity contribution in [3.05, 3.63) is 71.8 Å². The smallest absolute Gasteiger partial charge is 0.247 e. The summed E-state index contributed by atoms with van der Waals surface area (Å²) in [4.78, 5) is 30.0. The molecule has 0 spiro atoms. The highest BCUT2D eigenvalue weighted by Gasteiger charge is 2.34. The fourth-order valence-corrected chi connectivity index (χ4v) is 5.81. The molecular formula is C33H39N5O6. The van der Waals surface area contributed by atoms with Crippen molar-refractivity contribution in [3.8, 4) is 23.0 Å². The lowest BCUT2D eigenvalue weighted by Gasteiger charge is -2.33. The van der Waals surface area contributed by atoms with Crippen molar-refractivity contribution in [2.75, 3.05) is 27.9 Å². The summed E-state index contributed by atoms with van der Waals surface area (Å²) in [6, 6.07) is 16.8. The lowest BCUT2D eigenvalue weighted by atomic mass is 9.94. The molecule has 1 fully saturated rings. The van der Waals surface area contributed by atoms with Crippen molar-refractivity contribution >= 4 is 22.8 Å². The van der Waals surface area contributed by atoms with Gasteiger partial charge in [-0.05, 0) is 66.8 Å². The quantitative estimate of drug-likeness (QED) is 0.244. The SMILES string of the molecule is COc1ccc([C@@H](C(=O)NC2CCCCC2)N(CCc2ccc(OC)c(OC)c2)C(=O)Cn2nnc3ccccc32)cc1O. The standard InChI is InChI=1S/C33H39N5O6/c1-42-28-16-14-23(20-27(28)39)32(33(41)34-24-9-5-4-6-10-24)37(18-17-22-13-15-29(43-2)30(19-22)44-3)31(40)21-38-26-12-8-7-11-25(26)35-36-38/h7-8,11-16,19-20,24,32,39H,4-6,9-10,17-18,21H2,1-3H3,(H,34,41)/t32-/m0/s1. The van der Waals surface area contributed by atoms with Crippen LogP contribution in [0.15, 0.2) is 60.7 Å². The number of hydrogen-bond acceptors (Lipinski definition) is 8. The summed E-state index contributed by atoms with van der Waals surface area (Å²) in [6.45, 7) is 0.0816. The van der Waals surface area contributed by atoms with Crippen LogP contribution in [0, 0.1) is 0 Å². The van der Waals surface area contributed by atoms with Crippen molar-refractivity contribution in [3.63, 3.8) is 0 Å². The van der Waals surface area contributed by atoms with Crippen LogP contribution in [0.5, 0.6) is 23.0 Å². The maximum Gasteiger partial charge on any atom is 0.247 e. The number of para-hydroxylation sites is 1. The van der Waals surface area contributed by atoms with Gasteiger partial charge in [-0.2, -0.15) is 0 Å². The maximum absolute atomic E-state index is 14.2. The number of nitrogens with zero attached hydrogens (tertiary/aromatic N) is 4. The van der Waals surface area contributed by atoms with Crippen molar-refractivity contribution in [2.45, 2.75) is 57.2 Å². The minimum atomic E-state index is -1.02. The second-order valence-electron chi connectivity index (χ2n) is 10.9. The number of aromatic hydroxyl groups is 1. The van der Waals surface area contributed by atoms with Gasteiger partial charge in [0.15, 0.2) is 23.0 Å². The molecule has 0 radical (unpaired) electrons. The lowest BCUT2D eigenvalue weighted by molar-refractivity contribution is -0.141. The van der Waals surface area contributed by atoms with Gasteiger partial charge in [0, 0.05) is 12.6 Å². The molecule has 0 aliphatic heterocycles. The highest BCUT2D eigenvalue weighted by molar-refractivity contribution is 5.89. The van der Waals surface area contributed by atoms with Gasteiger partial charge in [-0.15, -0.1) is 5.10 Å². The van der Waals surface area contributed by atoms with Crippen LogP contribution in [0.25, 0.3) is 11.0 Å². The van der Waals surface area contributed by atoms with Crippen LogP contribution in [0.3, 0.4) is 0 Å². The summed E-state index contributed by atoms with van der Waals surface area (Å²) >= 11 is 0. The van der Waals surface area contributed by atoms with E-state index in [0.29, 0.717) is 34.5 Å². The molecule has 1 heterocycles. The number of phenolic OH excluding ortho intramolecular Hbond substituents is 1. The van der Waals surface area contributed by atoms with Crippen molar-refractivity contribution < 1.29 is 28.9 Å². The van der Waals surface area contributed by atoms with E-state index in [2.05, 4.69) is 15.6 Å². The molecule has 44 heavy (non-hydrogen) atoms. The maximum atomic E-state index is 14.2. The zero-order valence-electron chi connectivity index (χ0n) is 25.4. The second-order valence-corrected chi connectivity index (χ2v) is 10.9. The molecule has 5 rings (SSSR count). The Hall–Kier alpha value is -4.80. The van der Waals surface area contributed by atoms with Gasteiger partial charge in [0.25, 0.3) is 0 Å². The monoisotopic (exact) mass is 601 g/mol.